The third-order valence-electron chi connectivity index (χ3n) is 4.32. The molecule has 2 heterocycles. The number of amides is 1. The predicted octanol–water partition coefficient (Wildman–Crippen LogP) is 2.35. The van der Waals surface area contributed by atoms with E-state index >= 15 is 0 Å². The van der Waals surface area contributed by atoms with Crippen LogP contribution in [0.4, 0.5) is 5.69 Å². The first-order valence-corrected chi connectivity index (χ1v) is 11.0. The average Bonchev–Trinajstić information content (AvgIpc) is 3.12. The van der Waals surface area contributed by atoms with E-state index in [1.165, 1.54) is 11.3 Å². The van der Waals surface area contributed by atoms with Gasteiger partial charge in [-0.1, -0.05) is 18.2 Å². The molecule has 1 aromatic carbocycles. The molecular formula is C18H23N3O3S2. The highest BCUT2D eigenvalue weighted by Gasteiger charge is 2.20. The number of benzene rings is 1. The number of rotatable bonds is 6. The quantitative estimate of drug-likeness (QED) is 0.703. The van der Waals surface area contributed by atoms with Gasteiger partial charge in [0.05, 0.1) is 6.42 Å². The van der Waals surface area contributed by atoms with Crippen molar-refractivity contribution in [3.63, 3.8) is 0 Å². The Hall–Kier alpha value is -1.90. The zero-order chi connectivity index (χ0) is 18.6. The molecule has 1 aromatic heterocycles. The first-order chi connectivity index (χ1) is 12.4. The van der Waals surface area contributed by atoms with E-state index in [2.05, 4.69) is 22.3 Å². The molecular weight excluding hydrogens is 370 g/mol. The van der Waals surface area contributed by atoms with Gasteiger partial charge in [-0.2, -0.15) is 0 Å². The summed E-state index contributed by atoms with van der Waals surface area (Å²) in [5.41, 5.74) is 1.33. The van der Waals surface area contributed by atoms with Crippen LogP contribution in [0.1, 0.15) is 25.3 Å². The van der Waals surface area contributed by atoms with Gasteiger partial charge in [-0.05, 0) is 55.5 Å². The van der Waals surface area contributed by atoms with Crippen LogP contribution in [0.25, 0.3) is 0 Å². The molecule has 2 atom stereocenters. The molecule has 3 rings (SSSR count). The Labute approximate surface area is 158 Å². The van der Waals surface area contributed by atoms with E-state index in [1.807, 2.05) is 0 Å². The second kappa shape index (κ2) is 8.20. The number of hydrogen-bond donors (Lipinski definition) is 3. The maximum atomic E-state index is 12.2. The van der Waals surface area contributed by atoms with Crippen LogP contribution < -0.4 is 15.4 Å². The van der Waals surface area contributed by atoms with Crippen LogP contribution in [-0.4, -0.2) is 33.0 Å². The lowest BCUT2D eigenvalue weighted by molar-refractivity contribution is -0.121. The number of hydrogen-bond acceptors (Lipinski definition) is 5. The molecule has 26 heavy (non-hydrogen) atoms. The second-order valence-corrected chi connectivity index (χ2v) is 9.41. The highest BCUT2D eigenvalue weighted by atomic mass is 32.2. The van der Waals surface area contributed by atoms with Gasteiger partial charge in [0.25, 0.3) is 10.0 Å². The topological polar surface area (TPSA) is 87.3 Å². The average molecular weight is 394 g/mol. The van der Waals surface area contributed by atoms with Gasteiger partial charge < -0.3 is 10.6 Å². The van der Waals surface area contributed by atoms with Gasteiger partial charge in [0.2, 0.25) is 5.91 Å². The smallest absolute Gasteiger partial charge is 0.271 e. The minimum atomic E-state index is -3.55. The Kier molecular flexibility index (Phi) is 5.95. The number of nitrogens with one attached hydrogen (secondary N) is 3. The van der Waals surface area contributed by atoms with Crippen molar-refractivity contribution in [2.75, 3.05) is 11.3 Å². The molecule has 140 valence electrons. The maximum absolute atomic E-state index is 12.2. The molecule has 1 amide bonds. The number of anilines is 1. The number of piperidine rings is 1. The first-order valence-electron chi connectivity index (χ1n) is 8.60. The van der Waals surface area contributed by atoms with E-state index < -0.39 is 10.0 Å². The Morgan fingerprint density at radius 2 is 2.04 bits per heavy atom. The van der Waals surface area contributed by atoms with Crippen LogP contribution in [-0.2, 0) is 21.2 Å². The summed E-state index contributed by atoms with van der Waals surface area (Å²) < 4.78 is 27.2. The van der Waals surface area contributed by atoms with Crippen LogP contribution in [0.15, 0.2) is 46.0 Å². The fourth-order valence-electron chi connectivity index (χ4n) is 3.04. The van der Waals surface area contributed by atoms with Gasteiger partial charge in [-0.3, -0.25) is 9.52 Å². The molecule has 2 unspecified atom stereocenters. The zero-order valence-corrected chi connectivity index (χ0v) is 16.2. The monoisotopic (exact) mass is 393 g/mol. The Bertz CT molecular complexity index is 833. The third-order valence-corrected chi connectivity index (χ3v) is 7.10. The standard InChI is InChI=1S/C18H23N3O3S2/c1-13-11-16(8-9-19-13)20-17(22)12-14-4-6-15(7-5-14)21-26(23,24)18-3-2-10-25-18/h2-7,10,13,16,19,21H,8-9,11-12H2,1H3,(H,20,22). The molecule has 0 spiro atoms. The van der Waals surface area contributed by atoms with Crippen molar-refractivity contribution in [3.8, 4) is 0 Å². The minimum absolute atomic E-state index is 0.00369. The molecule has 2 aromatic rings. The summed E-state index contributed by atoms with van der Waals surface area (Å²) >= 11 is 1.17. The van der Waals surface area contributed by atoms with Crippen molar-refractivity contribution in [2.45, 2.75) is 42.5 Å². The van der Waals surface area contributed by atoms with Gasteiger partial charge in [-0.25, -0.2) is 8.42 Å². The summed E-state index contributed by atoms with van der Waals surface area (Å²) in [5, 5.41) is 8.16. The highest BCUT2D eigenvalue weighted by Crippen LogP contribution is 2.20. The largest absolute Gasteiger partial charge is 0.353 e. The molecule has 0 aliphatic carbocycles. The summed E-state index contributed by atoms with van der Waals surface area (Å²) in [4.78, 5) is 12.2. The van der Waals surface area contributed by atoms with Gasteiger partial charge in [0.15, 0.2) is 0 Å². The lowest BCUT2D eigenvalue weighted by Gasteiger charge is -2.28. The number of sulfonamides is 1. The van der Waals surface area contributed by atoms with Crippen molar-refractivity contribution in [1.82, 2.24) is 10.6 Å². The molecule has 8 heteroatoms. The molecule has 0 saturated carbocycles. The van der Waals surface area contributed by atoms with Crippen LogP contribution >= 0.6 is 11.3 Å². The number of thiophene rings is 1. The van der Waals surface area contributed by atoms with Gasteiger partial charge in [-0.15, -0.1) is 11.3 Å². The Morgan fingerprint density at radius 3 is 2.69 bits per heavy atom. The summed E-state index contributed by atoms with van der Waals surface area (Å²) in [6.45, 7) is 3.04. The molecule has 1 aliphatic heterocycles. The Morgan fingerprint density at radius 1 is 1.27 bits per heavy atom. The zero-order valence-electron chi connectivity index (χ0n) is 14.6. The normalized spacial score (nSPS) is 20.5. The molecule has 6 nitrogen and oxygen atoms in total. The van der Waals surface area contributed by atoms with E-state index in [9.17, 15) is 13.2 Å². The second-order valence-electron chi connectivity index (χ2n) is 6.56. The van der Waals surface area contributed by atoms with Crippen LogP contribution in [0.3, 0.4) is 0 Å². The summed E-state index contributed by atoms with van der Waals surface area (Å²) in [5.74, 6) is -0.00369. The van der Waals surface area contributed by atoms with Gasteiger partial charge >= 0.3 is 0 Å². The van der Waals surface area contributed by atoms with Gasteiger partial charge in [0, 0.05) is 17.8 Å². The molecule has 1 saturated heterocycles. The van der Waals surface area contributed by atoms with Crippen molar-refractivity contribution in [3.05, 3.63) is 47.3 Å². The lowest BCUT2D eigenvalue weighted by atomic mass is 10.0. The highest BCUT2D eigenvalue weighted by molar-refractivity contribution is 7.94. The van der Waals surface area contributed by atoms with E-state index in [1.54, 1.807) is 41.8 Å². The van der Waals surface area contributed by atoms with E-state index in [-0.39, 0.29) is 22.6 Å². The number of carbonyl (C=O) groups is 1. The fraction of sp³-hybridized carbons (Fsp3) is 0.389. The Balaban J connectivity index is 1.55. The minimum Gasteiger partial charge on any atom is -0.353 e. The summed E-state index contributed by atoms with van der Waals surface area (Å²) in [6.07, 6.45) is 2.17. The van der Waals surface area contributed by atoms with Crippen LogP contribution in [0.5, 0.6) is 0 Å². The third kappa shape index (κ3) is 5.06. The van der Waals surface area contributed by atoms with Crippen molar-refractivity contribution in [1.29, 1.82) is 0 Å². The number of carbonyl (C=O) groups excluding carboxylic acids is 1. The van der Waals surface area contributed by atoms with Crippen LogP contribution in [0, 0.1) is 0 Å². The van der Waals surface area contributed by atoms with Gasteiger partial charge in [0.1, 0.15) is 4.21 Å². The van der Waals surface area contributed by atoms with Crippen LogP contribution in [0.2, 0.25) is 0 Å². The van der Waals surface area contributed by atoms with Crippen molar-refractivity contribution < 1.29 is 13.2 Å². The lowest BCUT2D eigenvalue weighted by Crippen LogP contribution is -2.46. The summed E-state index contributed by atoms with van der Waals surface area (Å²) in [6, 6.07) is 10.8. The van der Waals surface area contributed by atoms with Crippen molar-refractivity contribution in [2.24, 2.45) is 0 Å². The predicted molar refractivity (Wildman–Crippen MR) is 104 cm³/mol. The molecule has 1 fully saturated rings. The van der Waals surface area contributed by atoms with Crippen molar-refractivity contribution >= 4 is 33.0 Å². The molecule has 0 radical (unpaired) electrons. The fourth-order valence-corrected chi connectivity index (χ4v) is 5.09. The molecule has 1 aliphatic rings. The maximum Gasteiger partial charge on any atom is 0.271 e. The molecule has 3 N–H and O–H groups in total. The van der Waals surface area contributed by atoms with E-state index in [0.717, 1.165) is 24.9 Å². The van der Waals surface area contributed by atoms with E-state index in [0.29, 0.717) is 11.7 Å². The van der Waals surface area contributed by atoms with E-state index in [4.69, 9.17) is 0 Å². The molecule has 0 bridgehead atoms. The summed E-state index contributed by atoms with van der Waals surface area (Å²) in [7, 11) is -3.55. The first kappa shape index (κ1) is 18.9. The SMILES string of the molecule is CC1CC(NC(=O)Cc2ccc(NS(=O)(=O)c3cccs3)cc2)CCN1.